The summed E-state index contributed by atoms with van der Waals surface area (Å²) in [7, 11) is 1.63. The molecule has 3 aromatic rings. The summed E-state index contributed by atoms with van der Waals surface area (Å²) in [5.74, 6) is -1.95. The molecular formula is C28H31F4N7O3. The highest BCUT2D eigenvalue weighted by Gasteiger charge is 2.42. The number of hydrogen-bond acceptors (Lipinski definition) is 7. The average molecular weight is 590 g/mol. The van der Waals surface area contributed by atoms with E-state index in [0.717, 1.165) is 32.1 Å². The van der Waals surface area contributed by atoms with Gasteiger partial charge in [0.05, 0.1) is 17.6 Å². The monoisotopic (exact) mass is 589 g/mol. The van der Waals surface area contributed by atoms with Crippen LogP contribution < -0.4 is 20.4 Å². The zero-order valence-corrected chi connectivity index (χ0v) is 23.0. The van der Waals surface area contributed by atoms with Crippen molar-refractivity contribution in [1.29, 1.82) is 0 Å². The Morgan fingerprint density at radius 1 is 1.00 bits per heavy atom. The SMILES string of the molecule is CN(c1nc(C(F)(F)F)c(C(=O)Nc2ccc(N3CCN(C(=O)Nc4ccccc4F)CC3)nc2)o1)C1CCCCC1. The molecular weight excluding hydrogens is 558 g/mol. The van der Waals surface area contributed by atoms with Crippen molar-refractivity contribution >= 4 is 35.1 Å². The Morgan fingerprint density at radius 2 is 1.71 bits per heavy atom. The van der Waals surface area contributed by atoms with Crippen LogP contribution in [0.25, 0.3) is 0 Å². The smallest absolute Gasteiger partial charge is 0.417 e. The fraction of sp³-hybridized carbons (Fsp3) is 0.429. The first-order chi connectivity index (χ1) is 20.1. The fourth-order valence-corrected chi connectivity index (χ4v) is 5.16. The minimum absolute atomic E-state index is 0.00533. The number of carbonyl (C=O) groups is 2. The van der Waals surface area contributed by atoms with E-state index < -0.39 is 35.4 Å². The number of nitrogens with one attached hydrogen (secondary N) is 2. The lowest BCUT2D eigenvalue weighted by Crippen LogP contribution is -2.50. The van der Waals surface area contributed by atoms with E-state index in [1.807, 2.05) is 4.90 Å². The molecule has 1 aliphatic heterocycles. The minimum atomic E-state index is -4.88. The number of benzene rings is 1. The predicted molar refractivity (Wildman–Crippen MR) is 148 cm³/mol. The topological polar surface area (TPSA) is 107 Å². The molecule has 0 bridgehead atoms. The number of oxazole rings is 1. The molecule has 10 nitrogen and oxygen atoms in total. The van der Waals surface area contributed by atoms with Crippen molar-refractivity contribution in [2.75, 3.05) is 53.7 Å². The zero-order valence-electron chi connectivity index (χ0n) is 23.0. The van der Waals surface area contributed by atoms with Crippen LogP contribution in [0.5, 0.6) is 0 Å². The Labute approximate surface area is 239 Å². The van der Waals surface area contributed by atoms with Gasteiger partial charge < -0.3 is 29.8 Å². The first-order valence-electron chi connectivity index (χ1n) is 13.7. The van der Waals surface area contributed by atoms with Gasteiger partial charge in [0.2, 0.25) is 5.76 Å². The lowest BCUT2D eigenvalue weighted by molar-refractivity contribution is -0.141. The van der Waals surface area contributed by atoms with Gasteiger partial charge in [-0.2, -0.15) is 18.2 Å². The van der Waals surface area contributed by atoms with Gasteiger partial charge in [-0.25, -0.2) is 14.2 Å². The van der Waals surface area contributed by atoms with Crippen molar-refractivity contribution in [2.45, 2.75) is 44.3 Å². The van der Waals surface area contributed by atoms with E-state index in [1.165, 1.54) is 30.5 Å². The third-order valence-corrected chi connectivity index (χ3v) is 7.53. The molecule has 1 aromatic carbocycles. The van der Waals surface area contributed by atoms with Crippen LogP contribution in [-0.4, -0.2) is 66.1 Å². The van der Waals surface area contributed by atoms with Gasteiger partial charge in [0.25, 0.3) is 11.9 Å². The summed E-state index contributed by atoms with van der Waals surface area (Å²) in [5, 5.41) is 4.98. The Hall–Kier alpha value is -4.36. The Bertz CT molecular complexity index is 1400. The van der Waals surface area contributed by atoms with Crippen molar-refractivity contribution in [2.24, 2.45) is 0 Å². The number of para-hydroxylation sites is 1. The van der Waals surface area contributed by atoms with E-state index in [1.54, 1.807) is 29.0 Å². The Morgan fingerprint density at radius 3 is 2.36 bits per heavy atom. The number of aromatic nitrogens is 2. The predicted octanol–water partition coefficient (Wildman–Crippen LogP) is 5.60. The van der Waals surface area contributed by atoms with Crippen molar-refractivity contribution in [1.82, 2.24) is 14.9 Å². The molecule has 1 aliphatic carbocycles. The van der Waals surface area contributed by atoms with Gasteiger partial charge in [-0.3, -0.25) is 4.79 Å². The molecule has 1 saturated carbocycles. The van der Waals surface area contributed by atoms with E-state index >= 15 is 0 Å². The molecule has 2 N–H and O–H groups in total. The summed E-state index contributed by atoms with van der Waals surface area (Å²) in [5.41, 5.74) is -1.10. The number of alkyl halides is 3. The van der Waals surface area contributed by atoms with E-state index in [4.69, 9.17) is 4.42 Å². The van der Waals surface area contributed by atoms with Crippen LogP contribution >= 0.6 is 0 Å². The lowest BCUT2D eigenvalue weighted by atomic mass is 9.95. The number of urea groups is 1. The van der Waals surface area contributed by atoms with Gasteiger partial charge in [0, 0.05) is 39.3 Å². The highest BCUT2D eigenvalue weighted by molar-refractivity contribution is 6.03. The van der Waals surface area contributed by atoms with E-state index in [-0.39, 0.29) is 23.4 Å². The van der Waals surface area contributed by atoms with Gasteiger partial charge in [0.15, 0.2) is 5.69 Å². The molecule has 14 heteroatoms. The summed E-state index contributed by atoms with van der Waals surface area (Å²) >= 11 is 0. The van der Waals surface area contributed by atoms with E-state index in [9.17, 15) is 27.2 Å². The second-order valence-corrected chi connectivity index (χ2v) is 10.3. The molecule has 0 atom stereocenters. The maximum absolute atomic E-state index is 13.8. The Kier molecular flexibility index (Phi) is 8.50. The zero-order chi connectivity index (χ0) is 29.9. The molecule has 224 valence electrons. The summed E-state index contributed by atoms with van der Waals surface area (Å²) in [6.07, 6.45) is 1.11. The van der Waals surface area contributed by atoms with Crippen LogP contribution in [-0.2, 0) is 6.18 Å². The van der Waals surface area contributed by atoms with Crippen molar-refractivity contribution in [3.05, 3.63) is 59.9 Å². The van der Waals surface area contributed by atoms with E-state index in [2.05, 4.69) is 20.6 Å². The van der Waals surface area contributed by atoms with Gasteiger partial charge in [-0.1, -0.05) is 31.4 Å². The number of pyridine rings is 1. The maximum Gasteiger partial charge on any atom is 0.437 e. The quantitative estimate of drug-likeness (QED) is 0.361. The third-order valence-electron chi connectivity index (χ3n) is 7.53. The second kappa shape index (κ2) is 12.2. The van der Waals surface area contributed by atoms with Gasteiger partial charge in [-0.15, -0.1) is 0 Å². The van der Waals surface area contributed by atoms with Gasteiger partial charge >= 0.3 is 12.2 Å². The first kappa shape index (κ1) is 29.1. The van der Waals surface area contributed by atoms with Gasteiger partial charge in [-0.05, 0) is 37.1 Å². The van der Waals surface area contributed by atoms with Crippen LogP contribution in [0, 0.1) is 5.82 Å². The molecule has 5 rings (SSSR count). The molecule has 0 unspecified atom stereocenters. The third kappa shape index (κ3) is 6.58. The van der Waals surface area contributed by atoms with Crippen LogP contribution in [0.2, 0.25) is 0 Å². The molecule has 1 saturated heterocycles. The van der Waals surface area contributed by atoms with Crippen LogP contribution in [0.1, 0.15) is 48.4 Å². The number of nitrogens with zero attached hydrogens (tertiary/aromatic N) is 5. The standard InChI is InChI=1S/C28H31F4N7O3/c1-37(19-7-3-2-4-8-19)27-36-24(28(30,31)32)23(42-27)25(40)34-18-11-12-22(33-17-18)38-13-15-39(16-14-38)26(41)35-21-10-6-5-9-20(21)29/h5-6,9-12,17,19H,2-4,7-8,13-16H2,1H3,(H,34,40)(H,35,41). The molecule has 3 amide bonds. The number of amides is 3. The largest absolute Gasteiger partial charge is 0.437 e. The maximum atomic E-state index is 13.8. The molecule has 2 aliphatic rings. The van der Waals surface area contributed by atoms with E-state index in [0.29, 0.717) is 32.0 Å². The summed E-state index contributed by atoms with van der Waals surface area (Å²) in [6.45, 7) is 1.63. The number of hydrogen-bond donors (Lipinski definition) is 2. The summed E-state index contributed by atoms with van der Waals surface area (Å²) in [4.78, 5) is 38.4. The second-order valence-electron chi connectivity index (χ2n) is 10.3. The molecule has 0 radical (unpaired) electrons. The summed E-state index contributed by atoms with van der Waals surface area (Å²) in [6, 6.07) is 8.40. The number of halogens is 4. The summed E-state index contributed by atoms with van der Waals surface area (Å²) < 4.78 is 60.5. The normalized spacial score (nSPS) is 16.3. The Balaban J connectivity index is 1.20. The fourth-order valence-electron chi connectivity index (χ4n) is 5.16. The number of rotatable bonds is 6. The minimum Gasteiger partial charge on any atom is -0.417 e. The van der Waals surface area contributed by atoms with Crippen molar-refractivity contribution < 1.29 is 31.6 Å². The highest BCUT2D eigenvalue weighted by atomic mass is 19.4. The van der Waals surface area contributed by atoms with Crippen LogP contribution in [0.3, 0.4) is 0 Å². The number of piperazine rings is 1. The van der Waals surface area contributed by atoms with Gasteiger partial charge in [0.1, 0.15) is 11.6 Å². The van der Waals surface area contributed by atoms with Crippen LogP contribution in [0.4, 0.5) is 45.6 Å². The number of anilines is 4. The van der Waals surface area contributed by atoms with Crippen molar-refractivity contribution in [3.63, 3.8) is 0 Å². The van der Waals surface area contributed by atoms with Crippen molar-refractivity contribution in [3.8, 4) is 0 Å². The first-order valence-corrected chi connectivity index (χ1v) is 13.7. The molecule has 42 heavy (non-hydrogen) atoms. The molecule has 2 aromatic heterocycles. The molecule has 3 heterocycles. The van der Waals surface area contributed by atoms with Crippen LogP contribution in [0.15, 0.2) is 47.0 Å². The highest BCUT2D eigenvalue weighted by Crippen LogP contribution is 2.36. The lowest BCUT2D eigenvalue weighted by Gasteiger charge is -2.35. The molecule has 0 spiro atoms. The average Bonchev–Trinajstić information content (AvgIpc) is 3.46. The molecule has 2 fully saturated rings. The number of carbonyl (C=O) groups excluding carboxylic acids is 2.